The van der Waals surface area contributed by atoms with Crippen molar-refractivity contribution in [3.63, 3.8) is 0 Å². The molecule has 0 amide bonds. The van der Waals surface area contributed by atoms with E-state index in [4.69, 9.17) is 4.42 Å². The second kappa shape index (κ2) is 6.62. The lowest BCUT2D eigenvalue weighted by molar-refractivity contribution is -0.138. The first-order valence-corrected chi connectivity index (χ1v) is 8.45. The number of fused-ring (bicyclic) bond motifs is 1. The molecule has 0 atom stereocenters. The van der Waals surface area contributed by atoms with Crippen LogP contribution < -0.4 is 0 Å². The van der Waals surface area contributed by atoms with Gasteiger partial charge in [-0.3, -0.25) is 0 Å². The molecule has 1 aliphatic rings. The van der Waals surface area contributed by atoms with Gasteiger partial charge in [0.1, 0.15) is 11.8 Å². The lowest BCUT2D eigenvalue weighted by atomic mass is 9.96. The Labute approximate surface area is 165 Å². The summed E-state index contributed by atoms with van der Waals surface area (Å²) >= 11 is 0. The Morgan fingerprint density at radius 3 is 2.40 bits per heavy atom. The molecule has 9 heteroatoms. The number of halogens is 5. The summed E-state index contributed by atoms with van der Waals surface area (Å²) in [5, 5.41) is 28.6. The van der Waals surface area contributed by atoms with Crippen molar-refractivity contribution in [2.24, 2.45) is 0 Å². The molecule has 0 saturated heterocycles. The summed E-state index contributed by atoms with van der Waals surface area (Å²) in [4.78, 5) is 0. The van der Waals surface area contributed by atoms with E-state index in [1.54, 1.807) is 0 Å². The summed E-state index contributed by atoms with van der Waals surface area (Å²) in [6.45, 7) is 0. The summed E-state index contributed by atoms with van der Waals surface area (Å²) in [5.74, 6) is -4.81. The fraction of sp³-hybridized carbons (Fsp3) is 0.0952. The van der Waals surface area contributed by atoms with Crippen LogP contribution in [0, 0.1) is 23.0 Å². The van der Waals surface area contributed by atoms with Crippen LogP contribution in [0.3, 0.4) is 0 Å². The van der Waals surface area contributed by atoms with Gasteiger partial charge in [-0.1, -0.05) is 0 Å². The molecule has 4 nitrogen and oxygen atoms in total. The minimum atomic E-state index is -4.83. The van der Waals surface area contributed by atoms with Crippen molar-refractivity contribution in [3.8, 4) is 17.6 Å². The lowest BCUT2D eigenvalue weighted by Gasteiger charge is -2.13. The number of aromatic hydroxyl groups is 2. The number of nitriles is 1. The molecule has 0 spiro atoms. The normalized spacial score (nSPS) is 13.5. The van der Waals surface area contributed by atoms with E-state index in [-0.39, 0.29) is 33.6 Å². The van der Waals surface area contributed by atoms with Crippen molar-refractivity contribution in [1.29, 1.82) is 5.26 Å². The standard InChI is InChI=1S/C21H10F5NO3/c22-18-11(1-2-16(29)19(18)23)14-7-12-13(5-10(28)6-15(12)21(24,25)26)17(14)20-9(8-27)3-4-30-20/h1-6,28-29H,7H2. The molecule has 0 unspecified atom stereocenters. The van der Waals surface area contributed by atoms with Crippen molar-refractivity contribution in [1.82, 2.24) is 0 Å². The number of benzene rings is 2. The second-order valence-corrected chi connectivity index (χ2v) is 6.58. The van der Waals surface area contributed by atoms with Crippen LogP contribution in [0.2, 0.25) is 0 Å². The molecular weight excluding hydrogens is 409 g/mol. The molecular formula is C21H10F5NO3. The Balaban J connectivity index is 2.09. The highest BCUT2D eigenvalue weighted by atomic mass is 19.4. The van der Waals surface area contributed by atoms with Crippen molar-refractivity contribution < 1.29 is 36.6 Å². The number of nitrogens with zero attached hydrogens (tertiary/aromatic N) is 1. The average Bonchev–Trinajstić information content (AvgIpc) is 3.28. The highest BCUT2D eigenvalue weighted by Crippen LogP contribution is 2.49. The van der Waals surface area contributed by atoms with Crippen molar-refractivity contribution >= 4 is 11.1 Å². The topological polar surface area (TPSA) is 77.4 Å². The minimum absolute atomic E-state index is 0.0353. The zero-order chi connectivity index (χ0) is 21.8. The maximum Gasteiger partial charge on any atom is 0.416 e. The molecule has 0 saturated carbocycles. The van der Waals surface area contributed by atoms with Gasteiger partial charge in [0.2, 0.25) is 5.82 Å². The summed E-state index contributed by atoms with van der Waals surface area (Å²) in [6, 6.07) is 6.59. The van der Waals surface area contributed by atoms with Crippen LogP contribution in [-0.4, -0.2) is 10.2 Å². The largest absolute Gasteiger partial charge is 0.508 e. The fourth-order valence-corrected chi connectivity index (χ4v) is 3.60. The molecule has 2 aromatic carbocycles. The van der Waals surface area contributed by atoms with Gasteiger partial charge in [0.25, 0.3) is 0 Å². The van der Waals surface area contributed by atoms with Crippen LogP contribution in [0.15, 0.2) is 41.0 Å². The van der Waals surface area contributed by atoms with Gasteiger partial charge in [-0.15, -0.1) is 0 Å². The monoisotopic (exact) mass is 419 g/mol. The first-order valence-electron chi connectivity index (χ1n) is 8.45. The molecule has 2 N–H and O–H groups in total. The molecule has 0 aliphatic heterocycles. The van der Waals surface area contributed by atoms with Crippen LogP contribution in [0.4, 0.5) is 22.0 Å². The van der Waals surface area contributed by atoms with E-state index >= 15 is 0 Å². The van der Waals surface area contributed by atoms with E-state index in [1.807, 2.05) is 6.07 Å². The van der Waals surface area contributed by atoms with Crippen LogP contribution in [0.5, 0.6) is 11.5 Å². The summed E-state index contributed by atoms with van der Waals surface area (Å²) in [6.07, 6.45) is -4.16. The zero-order valence-corrected chi connectivity index (χ0v) is 14.8. The molecule has 0 bridgehead atoms. The van der Waals surface area contributed by atoms with Crippen molar-refractivity contribution in [3.05, 3.63) is 81.8 Å². The van der Waals surface area contributed by atoms with Gasteiger partial charge in [0.15, 0.2) is 17.3 Å². The third-order valence-corrected chi connectivity index (χ3v) is 4.86. The SMILES string of the molecule is N#Cc1ccoc1C1=C(c2ccc(O)c(F)c2F)Cc2c1cc(O)cc2C(F)(F)F. The average molecular weight is 419 g/mol. The summed E-state index contributed by atoms with van der Waals surface area (Å²) in [7, 11) is 0. The molecule has 30 heavy (non-hydrogen) atoms. The summed E-state index contributed by atoms with van der Waals surface area (Å²) in [5.41, 5.74) is -2.12. The first kappa shape index (κ1) is 19.5. The number of alkyl halides is 3. The Morgan fingerprint density at radius 1 is 1.00 bits per heavy atom. The Bertz CT molecular complexity index is 1260. The van der Waals surface area contributed by atoms with Gasteiger partial charge in [-0.05, 0) is 47.0 Å². The molecule has 4 rings (SSSR count). The Hall–Kier alpha value is -3.80. The zero-order valence-electron chi connectivity index (χ0n) is 14.8. The Morgan fingerprint density at radius 2 is 1.73 bits per heavy atom. The van der Waals surface area contributed by atoms with Gasteiger partial charge in [-0.2, -0.15) is 22.8 Å². The van der Waals surface area contributed by atoms with Crippen LogP contribution in [-0.2, 0) is 12.6 Å². The van der Waals surface area contributed by atoms with E-state index in [2.05, 4.69) is 0 Å². The van der Waals surface area contributed by atoms with E-state index in [9.17, 15) is 37.4 Å². The van der Waals surface area contributed by atoms with Gasteiger partial charge in [0, 0.05) is 17.6 Å². The predicted octanol–water partition coefficient (Wildman–Crippen LogP) is 5.37. The van der Waals surface area contributed by atoms with Gasteiger partial charge >= 0.3 is 6.18 Å². The molecule has 0 fully saturated rings. The maximum atomic E-state index is 14.6. The maximum absolute atomic E-state index is 14.6. The van der Waals surface area contributed by atoms with Gasteiger partial charge < -0.3 is 14.6 Å². The number of allylic oxidation sites excluding steroid dienone is 1. The smallest absolute Gasteiger partial charge is 0.416 e. The van der Waals surface area contributed by atoms with E-state index in [1.165, 1.54) is 6.07 Å². The molecule has 152 valence electrons. The van der Waals surface area contributed by atoms with Crippen LogP contribution in [0.1, 0.15) is 33.6 Å². The Kier molecular flexibility index (Phi) is 4.31. The lowest BCUT2D eigenvalue weighted by Crippen LogP contribution is -2.09. The first-order chi connectivity index (χ1) is 14.1. The van der Waals surface area contributed by atoms with Gasteiger partial charge in [-0.25, -0.2) is 4.39 Å². The minimum Gasteiger partial charge on any atom is -0.508 e. The van der Waals surface area contributed by atoms with Crippen molar-refractivity contribution in [2.45, 2.75) is 12.6 Å². The molecule has 1 heterocycles. The van der Waals surface area contributed by atoms with Gasteiger partial charge in [0.05, 0.1) is 17.4 Å². The quantitative estimate of drug-likeness (QED) is 0.547. The number of hydrogen-bond acceptors (Lipinski definition) is 4. The highest BCUT2D eigenvalue weighted by molar-refractivity contribution is 6.04. The van der Waals surface area contributed by atoms with E-state index in [0.29, 0.717) is 6.07 Å². The fourth-order valence-electron chi connectivity index (χ4n) is 3.60. The number of phenols is 2. The van der Waals surface area contributed by atoms with Crippen molar-refractivity contribution in [2.75, 3.05) is 0 Å². The van der Waals surface area contributed by atoms with Crippen LogP contribution in [0.25, 0.3) is 11.1 Å². The number of furan rings is 1. The second-order valence-electron chi connectivity index (χ2n) is 6.58. The molecule has 3 aromatic rings. The number of phenolic OH excluding ortho intramolecular Hbond substituents is 2. The highest BCUT2D eigenvalue weighted by Gasteiger charge is 2.40. The van der Waals surface area contributed by atoms with E-state index in [0.717, 1.165) is 24.5 Å². The third kappa shape index (κ3) is 2.88. The molecule has 1 aliphatic carbocycles. The van der Waals surface area contributed by atoms with E-state index < -0.39 is 46.9 Å². The predicted molar refractivity (Wildman–Crippen MR) is 94.2 cm³/mol. The number of rotatable bonds is 2. The molecule has 1 aromatic heterocycles. The molecule has 0 radical (unpaired) electrons. The van der Waals surface area contributed by atoms with Crippen LogP contribution >= 0.6 is 0 Å². The summed E-state index contributed by atoms with van der Waals surface area (Å²) < 4.78 is 74.7. The number of hydrogen-bond donors (Lipinski definition) is 2. The third-order valence-electron chi connectivity index (χ3n) is 4.86.